The lowest BCUT2D eigenvalue weighted by Crippen LogP contribution is -2.40. The van der Waals surface area contributed by atoms with Gasteiger partial charge in [0.1, 0.15) is 0 Å². The van der Waals surface area contributed by atoms with Crippen LogP contribution in [0.2, 0.25) is 5.02 Å². The molecule has 1 fully saturated rings. The van der Waals surface area contributed by atoms with E-state index in [-0.39, 0.29) is 11.7 Å². The van der Waals surface area contributed by atoms with Gasteiger partial charge in [-0.2, -0.15) is 0 Å². The van der Waals surface area contributed by atoms with E-state index in [1.807, 2.05) is 24.3 Å². The molecule has 2 aliphatic rings. The first-order chi connectivity index (χ1) is 12.5. The van der Waals surface area contributed by atoms with Gasteiger partial charge in [-0.1, -0.05) is 37.6 Å². The molecule has 1 aromatic carbocycles. The number of carbonyl (C=O) groups excluding carboxylic acids is 1. The second-order valence-electron chi connectivity index (χ2n) is 7.96. The number of rotatable bonds is 2. The lowest BCUT2D eigenvalue weighted by Gasteiger charge is -2.35. The van der Waals surface area contributed by atoms with E-state index in [2.05, 4.69) is 23.7 Å². The number of carbonyl (C=O) groups is 1. The third kappa shape index (κ3) is 3.48. The van der Waals surface area contributed by atoms with Crippen molar-refractivity contribution in [3.05, 3.63) is 52.3 Å². The maximum absolute atomic E-state index is 12.6. The summed E-state index contributed by atoms with van der Waals surface area (Å²) in [6.45, 7) is 6.53. The first-order valence-electron chi connectivity index (χ1n) is 9.39. The summed E-state index contributed by atoms with van der Waals surface area (Å²) in [5.74, 6) is 2.35. The molecule has 1 saturated heterocycles. The molecule has 2 aromatic rings. The van der Waals surface area contributed by atoms with Crippen molar-refractivity contribution in [2.45, 2.75) is 39.0 Å². The van der Waals surface area contributed by atoms with E-state index in [9.17, 15) is 4.79 Å². The molecule has 1 aromatic heterocycles. The minimum atomic E-state index is 0.137. The van der Waals surface area contributed by atoms with Crippen LogP contribution in [0, 0.1) is 11.8 Å². The Hall–Kier alpha value is -1.94. The van der Waals surface area contributed by atoms with E-state index in [0.29, 0.717) is 28.8 Å². The minimum absolute atomic E-state index is 0.137. The minimum Gasteiger partial charge on any atom is -0.340 e. The SMILES string of the molecule is C[C@H]1C[C@H](C)CN(c2ncc3c(n2)C[C@@H](c2ccc(Cl)cc2)CC3=O)C1. The summed E-state index contributed by atoms with van der Waals surface area (Å²) in [5.41, 5.74) is 2.72. The van der Waals surface area contributed by atoms with Crippen molar-refractivity contribution >= 4 is 23.3 Å². The van der Waals surface area contributed by atoms with Crippen molar-refractivity contribution in [1.29, 1.82) is 0 Å². The first-order valence-corrected chi connectivity index (χ1v) is 9.77. The number of anilines is 1. The van der Waals surface area contributed by atoms with Crippen LogP contribution in [0.15, 0.2) is 30.5 Å². The fourth-order valence-corrected chi connectivity index (χ4v) is 4.51. The number of piperidine rings is 1. The molecule has 1 aliphatic heterocycles. The van der Waals surface area contributed by atoms with Crippen LogP contribution in [0.4, 0.5) is 5.95 Å². The van der Waals surface area contributed by atoms with E-state index in [4.69, 9.17) is 16.6 Å². The standard InChI is InChI=1S/C21H24ClN3O/c1-13-7-14(2)12-25(11-13)21-23-10-18-19(24-21)8-16(9-20(18)26)15-3-5-17(22)6-4-15/h3-6,10,13-14,16H,7-9,11-12H2,1-2H3/t13-,14-,16+/m0/s1. The summed E-state index contributed by atoms with van der Waals surface area (Å²) >= 11 is 6.00. The Labute approximate surface area is 159 Å². The maximum Gasteiger partial charge on any atom is 0.225 e. The van der Waals surface area contributed by atoms with E-state index in [0.717, 1.165) is 36.7 Å². The summed E-state index contributed by atoms with van der Waals surface area (Å²) in [6.07, 6.45) is 4.27. The molecule has 136 valence electrons. The van der Waals surface area contributed by atoms with Gasteiger partial charge < -0.3 is 4.90 Å². The average molecular weight is 370 g/mol. The van der Waals surface area contributed by atoms with Gasteiger partial charge in [0, 0.05) is 30.7 Å². The number of aromatic nitrogens is 2. The molecule has 0 spiro atoms. The van der Waals surface area contributed by atoms with Gasteiger partial charge in [-0.05, 0) is 48.3 Å². The van der Waals surface area contributed by atoms with Crippen molar-refractivity contribution in [2.24, 2.45) is 11.8 Å². The summed E-state index contributed by atoms with van der Waals surface area (Å²) in [6, 6.07) is 7.81. The van der Waals surface area contributed by atoms with E-state index < -0.39 is 0 Å². The predicted octanol–water partition coefficient (Wildman–Crippen LogP) is 4.53. The molecule has 1 aliphatic carbocycles. The summed E-state index contributed by atoms with van der Waals surface area (Å²) in [5, 5.41) is 0.717. The normalized spacial score (nSPS) is 25.9. The van der Waals surface area contributed by atoms with Crippen LogP contribution in [0.1, 0.15) is 54.2 Å². The van der Waals surface area contributed by atoms with E-state index in [1.54, 1.807) is 6.20 Å². The highest BCUT2D eigenvalue weighted by Crippen LogP contribution is 2.33. The molecule has 4 nitrogen and oxygen atoms in total. The maximum atomic E-state index is 12.6. The highest BCUT2D eigenvalue weighted by Gasteiger charge is 2.30. The fraction of sp³-hybridized carbons (Fsp3) is 0.476. The Morgan fingerprint density at radius 2 is 1.77 bits per heavy atom. The topological polar surface area (TPSA) is 46.1 Å². The quantitative estimate of drug-likeness (QED) is 0.780. The number of ketones is 1. The summed E-state index contributed by atoms with van der Waals surface area (Å²) < 4.78 is 0. The third-order valence-electron chi connectivity index (χ3n) is 5.52. The summed E-state index contributed by atoms with van der Waals surface area (Å²) in [4.78, 5) is 24.2. The van der Waals surface area contributed by atoms with Crippen molar-refractivity contribution in [2.75, 3.05) is 18.0 Å². The number of halogens is 1. The lowest BCUT2D eigenvalue weighted by atomic mass is 9.82. The van der Waals surface area contributed by atoms with Crippen molar-refractivity contribution in [1.82, 2.24) is 9.97 Å². The Bertz CT molecular complexity index is 811. The molecule has 26 heavy (non-hydrogen) atoms. The molecule has 0 saturated carbocycles. The van der Waals surface area contributed by atoms with Crippen LogP contribution in [0.25, 0.3) is 0 Å². The lowest BCUT2D eigenvalue weighted by molar-refractivity contribution is 0.0962. The molecular formula is C21H24ClN3O. The van der Waals surface area contributed by atoms with Crippen molar-refractivity contribution in [3.63, 3.8) is 0 Å². The molecule has 0 amide bonds. The number of benzene rings is 1. The van der Waals surface area contributed by atoms with Gasteiger partial charge in [0.2, 0.25) is 5.95 Å². The smallest absolute Gasteiger partial charge is 0.225 e. The van der Waals surface area contributed by atoms with Crippen LogP contribution in [0.5, 0.6) is 0 Å². The first kappa shape index (κ1) is 17.5. The molecule has 0 radical (unpaired) electrons. The zero-order chi connectivity index (χ0) is 18.3. The zero-order valence-corrected chi connectivity index (χ0v) is 16.0. The number of fused-ring (bicyclic) bond motifs is 1. The van der Waals surface area contributed by atoms with E-state index in [1.165, 1.54) is 6.42 Å². The van der Waals surface area contributed by atoms with Crippen LogP contribution in [-0.2, 0) is 6.42 Å². The second-order valence-corrected chi connectivity index (χ2v) is 8.40. The van der Waals surface area contributed by atoms with Gasteiger partial charge >= 0.3 is 0 Å². The molecule has 3 atom stereocenters. The Balaban J connectivity index is 1.61. The molecular weight excluding hydrogens is 346 g/mol. The van der Waals surface area contributed by atoms with Crippen LogP contribution in [-0.4, -0.2) is 28.8 Å². The largest absolute Gasteiger partial charge is 0.340 e. The molecule has 0 bridgehead atoms. The van der Waals surface area contributed by atoms with Crippen LogP contribution < -0.4 is 4.90 Å². The Morgan fingerprint density at radius 3 is 2.46 bits per heavy atom. The second kappa shape index (κ2) is 6.99. The van der Waals surface area contributed by atoms with Crippen LogP contribution in [0.3, 0.4) is 0 Å². The predicted molar refractivity (Wildman–Crippen MR) is 104 cm³/mol. The third-order valence-corrected chi connectivity index (χ3v) is 5.77. The van der Waals surface area contributed by atoms with Crippen molar-refractivity contribution in [3.8, 4) is 0 Å². The number of hydrogen-bond donors (Lipinski definition) is 0. The highest BCUT2D eigenvalue weighted by molar-refractivity contribution is 6.30. The number of hydrogen-bond acceptors (Lipinski definition) is 4. The van der Waals surface area contributed by atoms with Gasteiger partial charge in [0.15, 0.2) is 5.78 Å². The van der Waals surface area contributed by atoms with Crippen molar-refractivity contribution < 1.29 is 4.79 Å². The molecule has 4 rings (SSSR count). The molecule has 5 heteroatoms. The average Bonchev–Trinajstić information content (AvgIpc) is 2.61. The van der Waals surface area contributed by atoms with Gasteiger partial charge in [-0.25, -0.2) is 9.97 Å². The zero-order valence-electron chi connectivity index (χ0n) is 15.3. The number of Topliss-reactive ketones (excluding diaryl/α,β-unsaturated/α-hetero) is 1. The highest BCUT2D eigenvalue weighted by atomic mass is 35.5. The molecule has 0 unspecified atom stereocenters. The van der Waals surface area contributed by atoms with Crippen LogP contribution >= 0.6 is 11.6 Å². The molecule has 2 heterocycles. The summed E-state index contributed by atoms with van der Waals surface area (Å²) in [7, 11) is 0. The Kier molecular flexibility index (Phi) is 4.70. The van der Waals surface area contributed by atoms with Gasteiger partial charge in [0.25, 0.3) is 0 Å². The fourth-order valence-electron chi connectivity index (χ4n) is 4.38. The van der Waals surface area contributed by atoms with E-state index >= 15 is 0 Å². The van der Waals surface area contributed by atoms with Gasteiger partial charge in [-0.15, -0.1) is 0 Å². The monoisotopic (exact) mass is 369 g/mol. The van der Waals surface area contributed by atoms with Gasteiger partial charge in [0.05, 0.1) is 11.3 Å². The molecule has 0 N–H and O–H groups in total. The number of nitrogens with zero attached hydrogens (tertiary/aromatic N) is 3. The Morgan fingerprint density at radius 1 is 1.08 bits per heavy atom. The van der Waals surface area contributed by atoms with Gasteiger partial charge in [-0.3, -0.25) is 4.79 Å².